The molecule has 0 radical (unpaired) electrons. The third kappa shape index (κ3) is 2.80. The van der Waals surface area contributed by atoms with Crippen molar-refractivity contribution in [1.82, 2.24) is 10.2 Å². The van der Waals surface area contributed by atoms with Gasteiger partial charge in [0.25, 0.3) is 0 Å². The maximum Gasteiger partial charge on any atom is 0.250 e. The SMILES string of the molecule is CCCCN1C(=O)[C@@H]2[C@@H](C1=O)[C@@]1(N[C@@H]2Cc2ccc(O)cc2)C(=O)Nc2ccccc21. The minimum absolute atomic E-state index is 0.166. The van der Waals surface area contributed by atoms with Gasteiger partial charge >= 0.3 is 0 Å². The number of carbonyl (C=O) groups excluding carboxylic acids is 3. The Balaban J connectivity index is 1.59. The molecule has 0 aromatic heterocycles. The third-order valence-corrected chi connectivity index (χ3v) is 6.84. The second kappa shape index (κ2) is 7.20. The van der Waals surface area contributed by atoms with E-state index >= 15 is 0 Å². The number of hydrogen-bond donors (Lipinski definition) is 3. The second-order valence-corrected chi connectivity index (χ2v) is 8.61. The summed E-state index contributed by atoms with van der Waals surface area (Å²) in [7, 11) is 0. The lowest BCUT2D eigenvalue weighted by Gasteiger charge is -2.29. The number of carbonyl (C=O) groups is 3. The van der Waals surface area contributed by atoms with E-state index in [0.717, 1.165) is 24.0 Å². The van der Waals surface area contributed by atoms with Crippen molar-refractivity contribution < 1.29 is 19.5 Å². The summed E-state index contributed by atoms with van der Waals surface area (Å²) in [6, 6.07) is 13.8. The minimum Gasteiger partial charge on any atom is -0.508 e. The molecule has 3 amide bonds. The maximum absolute atomic E-state index is 13.5. The lowest BCUT2D eigenvalue weighted by atomic mass is 9.76. The van der Waals surface area contributed by atoms with Crippen molar-refractivity contribution in [1.29, 1.82) is 0 Å². The predicted octanol–water partition coefficient (Wildman–Crippen LogP) is 2.16. The topological polar surface area (TPSA) is 98.7 Å². The number of nitrogens with one attached hydrogen (secondary N) is 2. The first kappa shape index (κ1) is 19.8. The number of hydrogen-bond acceptors (Lipinski definition) is 5. The number of rotatable bonds is 5. The fraction of sp³-hybridized carbons (Fsp3) is 0.375. The number of phenols is 1. The first-order valence-electron chi connectivity index (χ1n) is 10.8. The van der Waals surface area contributed by atoms with Crippen LogP contribution in [0.3, 0.4) is 0 Å². The molecule has 7 nitrogen and oxygen atoms in total. The van der Waals surface area contributed by atoms with Crippen LogP contribution in [0.5, 0.6) is 5.75 Å². The van der Waals surface area contributed by atoms with Crippen LogP contribution >= 0.6 is 0 Å². The van der Waals surface area contributed by atoms with E-state index in [1.54, 1.807) is 24.3 Å². The van der Waals surface area contributed by atoms with E-state index in [-0.39, 0.29) is 29.5 Å². The Hall–Kier alpha value is -3.19. The van der Waals surface area contributed by atoms with E-state index in [4.69, 9.17) is 0 Å². The van der Waals surface area contributed by atoms with Gasteiger partial charge in [-0.2, -0.15) is 0 Å². The summed E-state index contributed by atoms with van der Waals surface area (Å²) in [5.74, 6) is -1.97. The van der Waals surface area contributed by atoms with Crippen molar-refractivity contribution in [3.05, 3.63) is 59.7 Å². The monoisotopic (exact) mass is 419 g/mol. The molecule has 0 unspecified atom stereocenters. The molecule has 5 rings (SSSR count). The van der Waals surface area contributed by atoms with Crippen LogP contribution in [0.25, 0.3) is 0 Å². The Bertz CT molecular complexity index is 1070. The summed E-state index contributed by atoms with van der Waals surface area (Å²) < 4.78 is 0. The molecule has 0 bridgehead atoms. The molecule has 4 atom stereocenters. The maximum atomic E-state index is 13.5. The number of anilines is 1. The van der Waals surface area contributed by atoms with Crippen LogP contribution in [0.4, 0.5) is 5.69 Å². The highest BCUT2D eigenvalue weighted by Crippen LogP contribution is 2.53. The van der Waals surface area contributed by atoms with Crippen molar-refractivity contribution >= 4 is 23.4 Å². The zero-order valence-electron chi connectivity index (χ0n) is 17.3. The highest BCUT2D eigenvalue weighted by Gasteiger charge is 2.70. The fourth-order valence-electron chi connectivity index (χ4n) is 5.42. The van der Waals surface area contributed by atoms with Gasteiger partial charge in [0, 0.05) is 23.8 Å². The van der Waals surface area contributed by atoms with E-state index in [0.29, 0.717) is 18.7 Å². The number of nitrogens with zero attached hydrogens (tertiary/aromatic N) is 1. The lowest BCUT2D eigenvalue weighted by molar-refractivity contribution is -0.142. The summed E-state index contributed by atoms with van der Waals surface area (Å²) in [4.78, 5) is 41.6. The molecule has 3 aliphatic rings. The predicted molar refractivity (Wildman–Crippen MR) is 114 cm³/mol. The number of amides is 3. The van der Waals surface area contributed by atoms with E-state index in [2.05, 4.69) is 10.6 Å². The first-order valence-corrected chi connectivity index (χ1v) is 10.8. The molecular weight excluding hydrogens is 394 g/mol. The molecule has 7 heteroatoms. The van der Waals surface area contributed by atoms with Gasteiger partial charge in [0.1, 0.15) is 11.3 Å². The number of aromatic hydroxyl groups is 1. The average Bonchev–Trinajstić information content (AvgIpc) is 3.33. The van der Waals surface area contributed by atoms with Crippen LogP contribution in [0.1, 0.15) is 30.9 Å². The van der Waals surface area contributed by atoms with E-state index in [1.165, 1.54) is 4.90 Å². The molecule has 2 aromatic rings. The molecule has 2 saturated heterocycles. The van der Waals surface area contributed by atoms with E-state index in [9.17, 15) is 19.5 Å². The number of phenolic OH excluding ortho intramolecular Hbond substituents is 1. The average molecular weight is 419 g/mol. The quantitative estimate of drug-likeness (QED) is 0.645. The minimum atomic E-state index is -1.25. The Morgan fingerprint density at radius 2 is 1.77 bits per heavy atom. The van der Waals surface area contributed by atoms with Gasteiger partial charge in [0.15, 0.2) is 0 Å². The molecule has 3 N–H and O–H groups in total. The summed E-state index contributed by atoms with van der Waals surface area (Å²) in [5, 5.41) is 15.9. The molecule has 3 heterocycles. The highest BCUT2D eigenvalue weighted by atomic mass is 16.3. The Kier molecular flexibility index (Phi) is 4.59. The third-order valence-electron chi connectivity index (χ3n) is 6.84. The summed E-state index contributed by atoms with van der Waals surface area (Å²) in [6.45, 7) is 2.40. The van der Waals surface area contributed by atoms with Crippen molar-refractivity contribution in [3.8, 4) is 5.75 Å². The highest BCUT2D eigenvalue weighted by molar-refractivity contribution is 6.15. The van der Waals surface area contributed by atoms with E-state index in [1.807, 2.05) is 31.2 Å². The Labute approximate surface area is 180 Å². The second-order valence-electron chi connectivity index (χ2n) is 8.61. The van der Waals surface area contributed by atoms with Crippen LogP contribution < -0.4 is 10.6 Å². The molecule has 2 aromatic carbocycles. The Morgan fingerprint density at radius 3 is 2.52 bits per heavy atom. The largest absolute Gasteiger partial charge is 0.508 e. The molecule has 31 heavy (non-hydrogen) atoms. The van der Waals surface area contributed by atoms with Gasteiger partial charge in [-0.15, -0.1) is 0 Å². The van der Waals surface area contributed by atoms with Crippen molar-refractivity contribution in [2.24, 2.45) is 11.8 Å². The number of likely N-dealkylation sites (tertiary alicyclic amines) is 1. The lowest BCUT2D eigenvalue weighted by Crippen LogP contribution is -2.53. The van der Waals surface area contributed by atoms with Gasteiger partial charge in [-0.25, -0.2) is 0 Å². The van der Waals surface area contributed by atoms with Gasteiger partial charge in [0.2, 0.25) is 17.7 Å². The zero-order chi connectivity index (χ0) is 21.8. The van der Waals surface area contributed by atoms with Crippen LogP contribution in [0, 0.1) is 11.8 Å². The van der Waals surface area contributed by atoms with Crippen LogP contribution in [-0.2, 0) is 26.3 Å². The number of imide groups is 1. The number of fused-ring (bicyclic) bond motifs is 4. The molecular formula is C24H25N3O4. The zero-order valence-corrected chi connectivity index (χ0v) is 17.3. The molecule has 1 spiro atoms. The fourth-order valence-corrected chi connectivity index (χ4v) is 5.42. The van der Waals surface area contributed by atoms with Gasteiger partial charge < -0.3 is 10.4 Å². The summed E-state index contributed by atoms with van der Waals surface area (Å²) in [5.41, 5.74) is 1.07. The molecule has 0 saturated carbocycles. The van der Waals surface area contributed by atoms with Gasteiger partial charge in [-0.3, -0.25) is 24.6 Å². The van der Waals surface area contributed by atoms with E-state index < -0.39 is 17.4 Å². The molecule has 2 fully saturated rings. The molecule has 0 aliphatic carbocycles. The first-order chi connectivity index (χ1) is 15.0. The van der Waals surface area contributed by atoms with Crippen molar-refractivity contribution in [2.75, 3.05) is 11.9 Å². The van der Waals surface area contributed by atoms with Gasteiger partial charge in [-0.1, -0.05) is 43.7 Å². The van der Waals surface area contributed by atoms with Crippen molar-refractivity contribution in [2.45, 2.75) is 37.8 Å². The number of benzene rings is 2. The molecule has 160 valence electrons. The standard InChI is InChI=1S/C24H25N3O4/c1-2-3-12-27-21(29)19-18(13-14-8-10-15(28)11-9-14)26-24(20(19)22(27)30)16-6-4-5-7-17(16)25-23(24)31/h4-11,18-20,26,28H,2-3,12-13H2,1H3,(H,25,31)/t18-,19+,20+,24-/m1/s1. The van der Waals surface area contributed by atoms with Crippen LogP contribution in [0.15, 0.2) is 48.5 Å². The molecule has 3 aliphatic heterocycles. The van der Waals surface area contributed by atoms with Gasteiger partial charge in [0.05, 0.1) is 11.8 Å². The van der Waals surface area contributed by atoms with Crippen LogP contribution in [0.2, 0.25) is 0 Å². The normalized spacial score (nSPS) is 28.9. The number of para-hydroxylation sites is 1. The smallest absolute Gasteiger partial charge is 0.250 e. The van der Waals surface area contributed by atoms with Crippen LogP contribution in [-0.4, -0.2) is 40.3 Å². The summed E-state index contributed by atoms with van der Waals surface area (Å²) >= 11 is 0. The Morgan fingerprint density at radius 1 is 1.03 bits per heavy atom. The van der Waals surface area contributed by atoms with Crippen molar-refractivity contribution in [3.63, 3.8) is 0 Å². The number of unbranched alkanes of at least 4 members (excludes halogenated alkanes) is 1. The van der Waals surface area contributed by atoms with Gasteiger partial charge in [-0.05, 0) is 36.6 Å². The summed E-state index contributed by atoms with van der Waals surface area (Å²) in [6.07, 6.45) is 2.08.